The summed E-state index contributed by atoms with van der Waals surface area (Å²) in [6.45, 7) is 6.96. The number of benzene rings is 1. The van der Waals surface area contributed by atoms with Crippen molar-refractivity contribution in [3.63, 3.8) is 0 Å². The minimum Gasteiger partial charge on any atom is -0.506 e. The van der Waals surface area contributed by atoms with Gasteiger partial charge in [0, 0.05) is 25.2 Å². The number of hydrazine groups is 1. The number of nitrogens with zero attached hydrogens (tertiary/aromatic N) is 6. The van der Waals surface area contributed by atoms with E-state index in [-0.39, 0.29) is 56.2 Å². The van der Waals surface area contributed by atoms with Crippen LogP contribution in [-0.4, -0.2) is 91.1 Å². The number of hydrogen-bond donors (Lipinski definition) is 3. The van der Waals surface area contributed by atoms with Gasteiger partial charge < -0.3 is 26.0 Å². The van der Waals surface area contributed by atoms with Gasteiger partial charge in [0.25, 0.3) is 0 Å². The number of piperazine rings is 1. The van der Waals surface area contributed by atoms with E-state index in [0.717, 1.165) is 28.6 Å². The maximum absolute atomic E-state index is 14.0. The van der Waals surface area contributed by atoms with Crippen molar-refractivity contribution in [2.45, 2.75) is 44.9 Å². The predicted octanol–water partition coefficient (Wildman–Crippen LogP) is 2.32. The number of thiazole rings is 1. The van der Waals surface area contributed by atoms with Crippen LogP contribution in [0.5, 0.6) is 5.75 Å². The summed E-state index contributed by atoms with van der Waals surface area (Å²) in [5.74, 6) is -0.470. The van der Waals surface area contributed by atoms with Crippen molar-refractivity contribution in [3.05, 3.63) is 60.4 Å². The van der Waals surface area contributed by atoms with Gasteiger partial charge >= 0.3 is 6.03 Å². The Labute approximate surface area is 242 Å². The zero-order chi connectivity index (χ0) is 29.1. The Hall–Kier alpha value is -4.23. The van der Waals surface area contributed by atoms with E-state index in [4.69, 9.17) is 5.73 Å². The molecule has 12 nitrogen and oxygen atoms in total. The van der Waals surface area contributed by atoms with Gasteiger partial charge in [-0.1, -0.05) is 42.9 Å². The first-order valence-corrected chi connectivity index (χ1v) is 14.4. The van der Waals surface area contributed by atoms with Crippen molar-refractivity contribution in [1.29, 1.82) is 0 Å². The van der Waals surface area contributed by atoms with E-state index in [1.165, 1.54) is 28.6 Å². The summed E-state index contributed by atoms with van der Waals surface area (Å²) < 4.78 is 0.925. The summed E-state index contributed by atoms with van der Waals surface area (Å²) in [6, 6.07) is 7.73. The molecule has 4 heterocycles. The lowest BCUT2D eigenvalue weighted by Crippen LogP contribution is -2.66. The van der Waals surface area contributed by atoms with Crippen LogP contribution < -0.4 is 11.1 Å². The monoisotopic (exact) mass is 578 g/mol. The molecule has 216 valence electrons. The summed E-state index contributed by atoms with van der Waals surface area (Å²) in [5, 5.41) is 16.3. The van der Waals surface area contributed by atoms with E-state index in [9.17, 15) is 19.5 Å². The van der Waals surface area contributed by atoms with E-state index < -0.39 is 12.2 Å². The van der Waals surface area contributed by atoms with Crippen molar-refractivity contribution < 1.29 is 19.5 Å². The molecule has 0 unspecified atom stereocenters. The quantitative estimate of drug-likeness (QED) is 0.245. The lowest BCUT2D eigenvalue weighted by molar-refractivity contribution is -0.157. The molecule has 4 amide bonds. The third kappa shape index (κ3) is 5.81. The van der Waals surface area contributed by atoms with Gasteiger partial charge in [-0.2, -0.15) is 5.01 Å². The molecule has 0 aliphatic carbocycles. The van der Waals surface area contributed by atoms with Gasteiger partial charge in [-0.05, 0) is 30.2 Å². The minimum absolute atomic E-state index is 0.0106. The van der Waals surface area contributed by atoms with Crippen molar-refractivity contribution in [3.8, 4) is 5.75 Å². The van der Waals surface area contributed by atoms with E-state index in [0.29, 0.717) is 17.4 Å². The maximum atomic E-state index is 14.0. The highest BCUT2D eigenvalue weighted by Crippen LogP contribution is 2.32. The number of nitrogen functional groups attached to an aromatic ring is 1. The summed E-state index contributed by atoms with van der Waals surface area (Å²) in [6.07, 6.45) is 4.27. The number of amides is 4. The van der Waals surface area contributed by atoms with Crippen LogP contribution in [-0.2, 0) is 22.6 Å². The van der Waals surface area contributed by atoms with Gasteiger partial charge in [0.05, 0.1) is 36.0 Å². The van der Waals surface area contributed by atoms with E-state index in [1.807, 2.05) is 25.1 Å². The van der Waals surface area contributed by atoms with Crippen LogP contribution in [0.1, 0.15) is 31.0 Å². The van der Waals surface area contributed by atoms with Gasteiger partial charge in [0.1, 0.15) is 18.0 Å². The first kappa shape index (κ1) is 28.3. The number of aromatic nitrogens is 2. The second-order valence-corrected chi connectivity index (χ2v) is 11.2. The molecular formula is C28H34N8O4S. The average molecular weight is 579 g/mol. The molecule has 0 saturated carbocycles. The van der Waals surface area contributed by atoms with Crippen molar-refractivity contribution in [2.24, 2.45) is 0 Å². The predicted molar refractivity (Wildman–Crippen MR) is 155 cm³/mol. The van der Waals surface area contributed by atoms with Gasteiger partial charge in [-0.3, -0.25) is 19.6 Å². The van der Waals surface area contributed by atoms with E-state index >= 15 is 0 Å². The number of fused-ring (bicyclic) bond motifs is 2. The highest BCUT2D eigenvalue weighted by molar-refractivity contribution is 7.22. The first-order chi connectivity index (χ1) is 19.8. The lowest BCUT2D eigenvalue weighted by Gasteiger charge is -2.46. The Kier molecular flexibility index (Phi) is 8.36. The smallest absolute Gasteiger partial charge is 0.332 e. The number of carbonyl (C=O) groups is 3. The number of carbonyl (C=O) groups excluding carboxylic acids is 3. The molecule has 13 heteroatoms. The van der Waals surface area contributed by atoms with Crippen molar-refractivity contribution >= 4 is 44.5 Å². The van der Waals surface area contributed by atoms with Crippen LogP contribution in [0.4, 0.5) is 9.93 Å². The normalized spacial score (nSPS) is 19.0. The molecule has 2 aliphatic heterocycles. The molecule has 5 rings (SSSR count). The Balaban J connectivity index is 1.49. The summed E-state index contributed by atoms with van der Waals surface area (Å²) in [5.41, 5.74) is 8.12. The molecule has 2 saturated heterocycles. The van der Waals surface area contributed by atoms with Crippen LogP contribution in [0, 0.1) is 0 Å². The molecule has 0 bridgehead atoms. The number of unbranched alkanes of at least 4 members (excludes halogenated alkanes) is 1. The number of hydrogen-bond acceptors (Lipinski definition) is 9. The largest absolute Gasteiger partial charge is 0.506 e. The molecule has 3 aromatic rings. The van der Waals surface area contributed by atoms with Crippen LogP contribution in [0.25, 0.3) is 10.2 Å². The second kappa shape index (κ2) is 12.1. The fourth-order valence-electron chi connectivity index (χ4n) is 5.37. The van der Waals surface area contributed by atoms with Crippen molar-refractivity contribution in [1.82, 2.24) is 35.1 Å². The number of para-hydroxylation sites is 1. The number of anilines is 1. The average Bonchev–Trinajstić information content (AvgIpc) is 3.49. The molecule has 1 aromatic carbocycles. The Morgan fingerprint density at radius 2 is 2.15 bits per heavy atom. The molecular weight excluding hydrogens is 544 g/mol. The Morgan fingerprint density at radius 1 is 1.32 bits per heavy atom. The van der Waals surface area contributed by atoms with Crippen molar-refractivity contribution in [2.75, 3.05) is 31.9 Å². The van der Waals surface area contributed by atoms with Gasteiger partial charge in [-0.25, -0.2) is 9.78 Å². The van der Waals surface area contributed by atoms with E-state index in [2.05, 4.69) is 21.9 Å². The highest BCUT2D eigenvalue weighted by Gasteiger charge is 2.52. The molecule has 4 N–H and O–H groups in total. The summed E-state index contributed by atoms with van der Waals surface area (Å²) >= 11 is 1.38. The molecule has 0 spiro atoms. The van der Waals surface area contributed by atoms with Crippen LogP contribution >= 0.6 is 11.3 Å². The molecule has 2 aromatic heterocycles. The fraction of sp³-hybridized carbons (Fsp3) is 0.393. The molecule has 2 fully saturated rings. The lowest BCUT2D eigenvalue weighted by atomic mass is 10.0. The molecule has 2 atom stereocenters. The van der Waals surface area contributed by atoms with Crippen LogP contribution in [0.3, 0.4) is 0 Å². The number of rotatable bonds is 10. The molecule has 0 radical (unpaired) electrons. The third-order valence-electron chi connectivity index (χ3n) is 7.31. The van der Waals surface area contributed by atoms with Crippen LogP contribution in [0.2, 0.25) is 0 Å². The zero-order valence-corrected chi connectivity index (χ0v) is 23.7. The molecule has 2 aliphatic rings. The topological polar surface area (TPSA) is 148 Å². The Morgan fingerprint density at radius 3 is 2.88 bits per heavy atom. The number of nitrogens with two attached hydrogens (primary N) is 1. The third-order valence-corrected chi connectivity index (χ3v) is 8.16. The fourth-order valence-corrected chi connectivity index (χ4v) is 6.15. The summed E-state index contributed by atoms with van der Waals surface area (Å²) in [7, 11) is 0. The zero-order valence-electron chi connectivity index (χ0n) is 22.9. The SMILES string of the molecule is C=CCN(C(=O)NCCCC)N1CC(=O)N2[C@@H](Cc3ccc(O)cn3)C(=O)N(Cc3cccc4sc(N)nc34)C[C@@H]21. The Bertz CT molecular complexity index is 1440. The maximum Gasteiger partial charge on any atom is 0.332 e. The second-order valence-electron chi connectivity index (χ2n) is 10.1. The first-order valence-electron chi connectivity index (χ1n) is 13.6. The van der Waals surface area contributed by atoms with Gasteiger partial charge in [0.15, 0.2) is 5.13 Å². The highest BCUT2D eigenvalue weighted by atomic mass is 32.1. The number of pyridine rings is 1. The van der Waals surface area contributed by atoms with E-state index in [1.54, 1.807) is 27.0 Å². The molecule has 41 heavy (non-hydrogen) atoms. The minimum atomic E-state index is -0.850. The number of urea groups is 1. The summed E-state index contributed by atoms with van der Waals surface area (Å²) in [4.78, 5) is 52.8. The van der Waals surface area contributed by atoms with Gasteiger partial charge in [0.2, 0.25) is 11.8 Å². The van der Waals surface area contributed by atoms with Crippen LogP contribution in [0.15, 0.2) is 49.2 Å². The number of aromatic hydroxyl groups is 1. The van der Waals surface area contributed by atoms with Gasteiger partial charge in [-0.15, -0.1) is 6.58 Å². The standard InChI is InChI=1S/C28H34N8O4S/c1-3-5-11-30-28(40)34(12-4-2)35-17-24(38)36-21(13-19-9-10-20(37)14-31-19)26(39)33(16-23(35)36)15-18-7-6-8-22-25(18)32-27(29)41-22/h4,6-10,14,21,23,37H,2-3,5,11-13,15-17H2,1H3,(H2,29,32)(H,30,40)/t21-,23+/m0/s1. The number of nitrogens with one attached hydrogen (secondary N) is 1.